The van der Waals surface area contributed by atoms with Gasteiger partial charge in [-0.05, 0) is 54.6 Å². The third-order valence-corrected chi connectivity index (χ3v) is 4.91. The topological polar surface area (TPSA) is 85.6 Å². The summed E-state index contributed by atoms with van der Waals surface area (Å²) in [5.41, 5.74) is 2.54. The quantitative estimate of drug-likeness (QED) is 0.407. The lowest BCUT2D eigenvalue weighted by Gasteiger charge is -2.14. The zero-order chi connectivity index (χ0) is 22.5. The predicted octanol–water partition coefficient (Wildman–Crippen LogP) is 5.67. The van der Waals surface area contributed by atoms with Crippen LogP contribution in [-0.2, 0) is 0 Å². The van der Waals surface area contributed by atoms with Crippen LogP contribution in [0.25, 0.3) is 10.9 Å². The van der Waals surface area contributed by atoms with E-state index in [1.807, 2.05) is 54.6 Å². The number of nitriles is 1. The highest BCUT2D eigenvalue weighted by atomic mass is 16.5. The molecular formula is C25H21N3O4. The predicted molar refractivity (Wildman–Crippen MR) is 122 cm³/mol. The van der Waals surface area contributed by atoms with Crippen molar-refractivity contribution in [1.29, 1.82) is 5.26 Å². The Balaban J connectivity index is 1.62. The highest BCUT2D eigenvalue weighted by Gasteiger charge is 2.14. The minimum absolute atomic E-state index is 0.420. The number of hydrogen-bond acceptors (Lipinski definition) is 7. The van der Waals surface area contributed by atoms with E-state index in [1.54, 1.807) is 27.4 Å². The van der Waals surface area contributed by atoms with Crippen molar-refractivity contribution in [3.63, 3.8) is 0 Å². The van der Waals surface area contributed by atoms with Crippen LogP contribution >= 0.6 is 0 Å². The van der Waals surface area contributed by atoms with Gasteiger partial charge in [-0.15, -0.1) is 0 Å². The molecule has 32 heavy (non-hydrogen) atoms. The third kappa shape index (κ3) is 4.20. The lowest BCUT2D eigenvalue weighted by Crippen LogP contribution is -1.98. The van der Waals surface area contributed by atoms with Gasteiger partial charge in [0.15, 0.2) is 11.5 Å². The number of anilines is 2. The molecular weight excluding hydrogens is 406 g/mol. The average Bonchev–Trinajstić information content (AvgIpc) is 2.85. The molecule has 3 aromatic carbocycles. The molecule has 160 valence electrons. The van der Waals surface area contributed by atoms with Crippen LogP contribution in [0.5, 0.6) is 28.7 Å². The van der Waals surface area contributed by atoms with Gasteiger partial charge in [-0.1, -0.05) is 0 Å². The number of fused-ring (bicyclic) bond motifs is 1. The van der Waals surface area contributed by atoms with Gasteiger partial charge in [-0.2, -0.15) is 5.26 Å². The van der Waals surface area contributed by atoms with E-state index in [0.717, 1.165) is 16.8 Å². The van der Waals surface area contributed by atoms with Crippen molar-refractivity contribution in [2.75, 3.05) is 26.6 Å². The van der Waals surface area contributed by atoms with Gasteiger partial charge in [0.05, 0.1) is 38.1 Å². The molecule has 4 rings (SSSR count). The SMILES string of the molecule is COc1ccc(Oc2ccc(Nc3c(C#N)cnc4cc(OC)c(OC)cc34)cc2)cc1. The molecule has 7 nitrogen and oxygen atoms in total. The second kappa shape index (κ2) is 9.14. The number of rotatable bonds is 7. The molecule has 7 heteroatoms. The molecule has 0 saturated carbocycles. The van der Waals surface area contributed by atoms with Gasteiger partial charge in [-0.25, -0.2) is 0 Å². The molecule has 0 atom stereocenters. The lowest BCUT2D eigenvalue weighted by molar-refractivity contribution is 0.356. The summed E-state index contributed by atoms with van der Waals surface area (Å²) < 4.78 is 21.8. The van der Waals surface area contributed by atoms with Crippen molar-refractivity contribution in [2.45, 2.75) is 0 Å². The van der Waals surface area contributed by atoms with E-state index in [4.69, 9.17) is 18.9 Å². The summed E-state index contributed by atoms with van der Waals surface area (Å²) in [6.45, 7) is 0. The van der Waals surface area contributed by atoms with Gasteiger partial charge in [0.1, 0.15) is 23.3 Å². The number of nitrogens with one attached hydrogen (secondary N) is 1. The lowest BCUT2D eigenvalue weighted by atomic mass is 10.1. The van der Waals surface area contributed by atoms with E-state index in [9.17, 15) is 5.26 Å². The Kier molecular flexibility index (Phi) is 5.95. The van der Waals surface area contributed by atoms with Crippen LogP contribution in [0.3, 0.4) is 0 Å². The molecule has 4 aromatic rings. The van der Waals surface area contributed by atoms with Crippen molar-refractivity contribution >= 4 is 22.3 Å². The minimum atomic E-state index is 0.420. The molecule has 0 spiro atoms. The summed E-state index contributed by atoms with van der Waals surface area (Å²) >= 11 is 0. The third-order valence-electron chi connectivity index (χ3n) is 4.91. The minimum Gasteiger partial charge on any atom is -0.497 e. The first-order valence-electron chi connectivity index (χ1n) is 9.79. The van der Waals surface area contributed by atoms with Crippen LogP contribution in [-0.4, -0.2) is 26.3 Å². The van der Waals surface area contributed by atoms with Crippen LogP contribution in [0, 0.1) is 11.3 Å². The second-order valence-electron chi connectivity index (χ2n) is 6.81. The number of ether oxygens (including phenoxy) is 4. The molecule has 1 heterocycles. The number of pyridine rings is 1. The molecule has 0 unspecified atom stereocenters. The monoisotopic (exact) mass is 427 g/mol. The summed E-state index contributed by atoms with van der Waals surface area (Å²) in [4.78, 5) is 4.38. The Hall–Kier alpha value is -4.44. The molecule has 0 amide bonds. The smallest absolute Gasteiger partial charge is 0.162 e. The number of benzene rings is 3. The fourth-order valence-corrected chi connectivity index (χ4v) is 3.27. The van der Waals surface area contributed by atoms with Crippen molar-refractivity contribution in [3.8, 4) is 34.8 Å². The van der Waals surface area contributed by atoms with Gasteiger partial charge >= 0.3 is 0 Å². The largest absolute Gasteiger partial charge is 0.497 e. The number of aromatic nitrogens is 1. The van der Waals surface area contributed by atoms with Crippen molar-refractivity contribution < 1.29 is 18.9 Å². The summed E-state index contributed by atoms with van der Waals surface area (Å²) in [5.74, 6) is 3.29. The molecule has 0 aliphatic rings. The first-order valence-corrected chi connectivity index (χ1v) is 9.79. The molecule has 0 saturated heterocycles. The van der Waals surface area contributed by atoms with E-state index in [1.165, 1.54) is 6.20 Å². The first-order chi connectivity index (χ1) is 15.6. The van der Waals surface area contributed by atoms with Crippen molar-refractivity contribution in [3.05, 3.63) is 72.4 Å². The molecule has 1 aromatic heterocycles. The highest BCUT2D eigenvalue weighted by molar-refractivity contribution is 5.97. The van der Waals surface area contributed by atoms with Gasteiger partial charge in [0, 0.05) is 23.3 Å². The maximum atomic E-state index is 9.61. The molecule has 0 bridgehead atoms. The van der Waals surface area contributed by atoms with E-state index in [2.05, 4.69) is 16.4 Å². The second-order valence-corrected chi connectivity index (χ2v) is 6.81. The average molecular weight is 427 g/mol. The Morgan fingerprint density at radius 2 is 1.38 bits per heavy atom. The van der Waals surface area contributed by atoms with E-state index in [-0.39, 0.29) is 0 Å². The van der Waals surface area contributed by atoms with Crippen molar-refractivity contribution in [1.82, 2.24) is 4.98 Å². The maximum absolute atomic E-state index is 9.61. The van der Waals surface area contributed by atoms with E-state index >= 15 is 0 Å². The maximum Gasteiger partial charge on any atom is 0.162 e. The zero-order valence-electron chi connectivity index (χ0n) is 17.9. The number of methoxy groups -OCH3 is 3. The Morgan fingerprint density at radius 1 is 0.781 bits per heavy atom. The fourth-order valence-electron chi connectivity index (χ4n) is 3.27. The fraction of sp³-hybridized carbons (Fsp3) is 0.120. The van der Waals surface area contributed by atoms with Gasteiger partial charge in [0.2, 0.25) is 0 Å². The highest BCUT2D eigenvalue weighted by Crippen LogP contribution is 2.37. The van der Waals surface area contributed by atoms with Gasteiger partial charge in [-0.3, -0.25) is 4.98 Å². The van der Waals surface area contributed by atoms with Gasteiger partial charge in [0.25, 0.3) is 0 Å². The van der Waals surface area contributed by atoms with Crippen LogP contribution in [0.1, 0.15) is 5.56 Å². The molecule has 0 fully saturated rings. The van der Waals surface area contributed by atoms with Crippen LogP contribution in [0.4, 0.5) is 11.4 Å². The van der Waals surface area contributed by atoms with E-state index < -0.39 is 0 Å². The molecule has 0 aliphatic heterocycles. The van der Waals surface area contributed by atoms with E-state index in [0.29, 0.717) is 39.8 Å². The summed E-state index contributed by atoms with van der Waals surface area (Å²) in [7, 11) is 4.76. The Labute approximate surface area is 185 Å². The molecule has 0 radical (unpaired) electrons. The first kappa shape index (κ1) is 20.8. The van der Waals surface area contributed by atoms with Gasteiger partial charge < -0.3 is 24.3 Å². The Morgan fingerprint density at radius 3 is 1.97 bits per heavy atom. The number of nitrogens with zero attached hydrogens (tertiary/aromatic N) is 2. The van der Waals surface area contributed by atoms with Crippen LogP contribution in [0.15, 0.2) is 66.9 Å². The Bertz CT molecular complexity index is 1280. The molecule has 1 N–H and O–H groups in total. The van der Waals surface area contributed by atoms with Crippen LogP contribution < -0.4 is 24.3 Å². The summed E-state index contributed by atoms with van der Waals surface area (Å²) in [6.07, 6.45) is 1.54. The normalized spacial score (nSPS) is 10.3. The number of hydrogen-bond donors (Lipinski definition) is 1. The molecule has 0 aliphatic carbocycles. The standard InChI is InChI=1S/C25H21N3O4/c1-29-18-8-10-20(11-9-18)32-19-6-4-17(5-7-19)28-25-16(14-26)15-27-22-13-24(31-3)23(30-2)12-21(22)25/h4-13,15H,1-3H3,(H,27,28). The summed E-state index contributed by atoms with van der Waals surface area (Å²) in [6, 6.07) is 20.6. The van der Waals surface area contributed by atoms with Crippen molar-refractivity contribution in [2.24, 2.45) is 0 Å². The van der Waals surface area contributed by atoms with Crippen LogP contribution in [0.2, 0.25) is 0 Å². The zero-order valence-corrected chi connectivity index (χ0v) is 17.9. The summed E-state index contributed by atoms with van der Waals surface area (Å²) in [5, 5.41) is 13.7.